The van der Waals surface area contributed by atoms with E-state index in [1.807, 2.05) is 18.2 Å². The van der Waals surface area contributed by atoms with Crippen LogP contribution in [-0.4, -0.2) is 39.8 Å². The fraction of sp³-hybridized carbons (Fsp3) is 0.409. The van der Waals surface area contributed by atoms with Crippen molar-refractivity contribution < 1.29 is 28.5 Å². The number of fused-ring (bicyclic) bond motifs is 1. The van der Waals surface area contributed by atoms with E-state index in [1.165, 1.54) is 13.2 Å². The van der Waals surface area contributed by atoms with Gasteiger partial charge < -0.3 is 23.7 Å². The van der Waals surface area contributed by atoms with Gasteiger partial charge in [0.15, 0.2) is 22.9 Å². The Balaban J connectivity index is 2.04. The normalized spacial score (nSPS) is 26.0. The van der Waals surface area contributed by atoms with E-state index in [9.17, 15) is 4.79 Å². The maximum absolute atomic E-state index is 12.7. The molecule has 1 aliphatic carbocycles. The Morgan fingerprint density at radius 1 is 1.14 bits per heavy atom. The molecule has 3 rings (SSSR count). The van der Waals surface area contributed by atoms with Crippen LogP contribution in [0.15, 0.2) is 48.3 Å². The van der Waals surface area contributed by atoms with Crippen molar-refractivity contribution in [2.75, 3.05) is 28.4 Å². The van der Waals surface area contributed by atoms with Gasteiger partial charge in [0, 0.05) is 36.7 Å². The van der Waals surface area contributed by atoms with E-state index in [0.717, 1.165) is 11.1 Å². The summed E-state index contributed by atoms with van der Waals surface area (Å²) in [6.07, 6.45) is 5.19. The molecule has 1 fully saturated rings. The van der Waals surface area contributed by atoms with Crippen LogP contribution in [0.4, 0.5) is 0 Å². The zero-order chi connectivity index (χ0) is 20.5. The average molecular weight is 386 g/mol. The summed E-state index contributed by atoms with van der Waals surface area (Å²) in [5.74, 6) is 2.06. The first-order chi connectivity index (χ1) is 13.4. The van der Waals surface area contributed by atoms with Crippen molar-refractivity contribution in [3.63, 3.8) is 0 Å². The van der Waals surface area contributed by atoms with Gasteiger partial charge in [0.25, 0.3) is 0 Å². The van der Waals surface area contributed by atoms with E-state index in [4.69, 9.17) is 23.7 Å². The standard InChI is InChI=1S/C22H26O6/c1-7-8-22(27-6)12-15-13(2)20(28-16(15)11-19(22)23)14-9-17(24-3)21(26-5)18(10-14)25-4/h7,9-13,20H,1,8H2,2-6H3/t13-,20-,22+/m0/s1. The topological polar surface area (TPSA) is 63.2 Å². The molecule has 0 bridgehead atoms. The molecule has 0 unspecified atom stereocenters. The Kier molecular flexibility index (Phi) is 5.52. The first-order valence-corrected chi connectivity index (χ1v) is 9.06. The molecule has 6 heteroatoms. The molecule has 6 nitrogen and oxygen atoms in total. The first kappa shape index (κ1) is 20.0. The second-order valence-corrected chi connectivity index (χ2v) is 6.84. The predicted molar refractivity (Wildman–Crippen MR) is 105 cm³/mol. The van der Waals surface area contributed by atoms with Crippen LogP contribution < -0.4 is 14.2 Å². The molecule has 28 heavy (non-hydrogen) atoms. The maximum atomic E-state index is 12.7. The van der Waals surface area contributed by atoms with Crippen molar-refractivity contribution in [1.29, 1.82) is 0 Å². The van der Waals surface area contributed by atoms with Gasteiger partial charge in [-0.25, -0.2) is 0 Å². The van der Waals surface area contributed by atoms with Crippen molar-refractivity contribution in [3.8, 4) is 17.2 Å². The van der Waals surface area contributed by atoms with Crippen molar-refractivity contribution in [1.82, 2.24) is 0 Å². The molecule has 0 N–H and O–H groups in total. The van der Waals surface area contributed by atoms with E-state index in [0.29, 0.717) is 29.4 Å². The minimum absolute atomic E-state index is 0.00139. The summed E-state index contributed by atoms with van der Waals surface area (Å²) in [6, 6.07) is 3.74. The Morgan fingerprint density at radius 3 is 2.29 bits per heavy atom. The van der Waals surface area contributed by atoms with Crippen LogP contribution in [0.5, 0.6) is 17.2 Å². The number of benzene rings is 1. The number of ether oxygens (including phenoxy) is 5. The summed E-state index contributed by atoms with van der Waals surface area (Å²) in [5.41, 5.74) is 0.794. The van der Waals surface area contributed by atoms with E-state index >= 15 is 0 Å². The van der Waals surface area contributed by atoms with Crippen LogP contribution >= 0.6 is 0 Å². The van der Waals surface area contributed by atoms with Crippen LogP contribution in [0.25, 0.3) is 0 Å². The van der Waals surface area contributed by atoms with Crippen molar-refractivity contribution in [2.24, 2.45) is 5.92 Å². The van der Waals surface area contributed by atoms with E-state index in [-0.39, 0.29) is 17.8 Å². The lowest BCUT2D eigenvalue weighted by molar-refractivity contribution is -0.130. The van der Waals surface area contributed by atoms with Gasteiger partial charge in [-0.05, 0) is 18.2 Å². The molecule has 3 atom stereocenters. The third kappa shape index (κ3) is 3.07. The number of hydrogen-bond donors (Lipinski definition) is 0. The lowest BCUT2D eigenvalue weighted by Crippen LogP contribution is -2.39. The fourth-order valence-corrected chi connectivity index (χ4v) is 3.82. The Hall–Kier alpha value is -2.73. The third-order valence-corrected chi connectivity index (χ3v) is 5.38. The molecular formula is C22H26O6. The second kappa shape index (κ2) is 7.72. The zero-order valence-electron chi connectivity index (χ0n) is 16.9. The summed E-state index contributed by atoms with van der Waals surface area (Å²) in [6.45, 7) is 5.81. The lowest BCUT2D eigenvalue weighted by Gasteiger charge is -2.29. The number of carbonyl (C=O) groups is 1. The highest BCUT2D eigenvalue weighted by Crippen LogP contribution is 2.50. The van der Waals surface area contributed by atoms with Gasteiger partial charge >= 0.3 is 0 Å². The Morgan fingerprint density at radius 2 is 1.79 bits per heavy atom. The second-order valence-electron chi connectivity index (χ2n) is 6.84. The summed E-state index contributed by atoms with van der Waals surface area (Å²) in [7, 11) is 6.25. The minimum atomic E-state index is -1.03. The van der Waals surface area contributed by atoms with Crippen molar-refractivity contribution >= 4 is 5.78 Å². The molecule has 1 saturated heterocycles. The summed E-state index contributed by atoms with van der Waals surface area (Å²) in [5, 5.41) is 0. The molecule has 0 amide bonds. The molecule has 1 aliphatic heterocycles. The molecule has 0 saturated carbocycles. The highest BCUT2D eigenvalue weighted by atomic mass is 16.5. The van der Waals surface area contributed by atoms with E-state index < -0.39 is 5.60 Å². The maximum Gasteiger partial charge on any atom is 0.203 e. The minimum Gasteiger partial charge on any atom is -0.493 e. The van der Waals surface area contributed by atoms with Gasteiger partial charge in [-0.2, -0.15) is 0 Å². The van der Waals surface area contributed by atoms with Crippen LogP contribution in [-0.2, 0) is 14.3 Å². The summed E-state index contributed by atoms with van der Waals surface area (Å²) < 4.78 is 28.1. The molecule has 0 spiro atoms. The van der Waals surface area contributed by atoms with Gasteiger partial charge in [-0.1, -0.05) is 13.0 Å². The quantitative estimate of drug-likeness (QED) is 0.665. The molecular weight excluding hydrogens is 360 g/mol. The smallest absolute Gasteiger partial charge is 0.203 e. The molecule has 1 heterocycles. The van der Waals surface area contributed by atoms with Crippen LogP contribution in [0.1, 0.15) is 25.0 Å². The lowest BCUT2D eigenvalue weighted by atomic mass is 9.82. The number of rotatable bonds is 7. The molecule has 150 valence electrons. The highest BCUT2D eigenvalue weighted by molar-refractivity contribution is 6.01. The van der Waals surface area contributed by atoms with Gasteiger partial charge in [0.2, 0.25) is 5.75 Å². The van der Waals surface area contributed by atoms with Gasteiger partial charge in [0.05, 0.1) is 21.3 Å². The van der Waals surface area contributed by atoms with E-state index in [1.54, 1.807) is 27.4 Å². The summed E-state index contributed by atoms with van der Waals surface area (Å²) in [4.78, 5) is 12.7. The number of hydrogen-bond acceptors (Lipinski definition) is 6. The van der Waals surface area contributed by atoms with Crippen LogP contribution in [0, 0.1) is 5.92 Å². The van der Waals surface area contributed by atoms with Gasteiger partial charge in [-0.15, -0.1) is 6.58 Å². The first-order valence-electron chi connectivity index (χ1n) is 9.06. The molecule has 0 radical (unpaired) electrons. The highest BCUT2D eigenvalue weighted by Gasteiger charge is 2.45. The number of carbonyl (C=O) groups excluding carboxylic acids is 1. The van der Waals surface area contributed by atoms with E-state index in [2.05, 4.69) is 13.5 Å². The monoisotopic (exact) mass is 386 g/mol. The van der Waals surface area contributed by atoms with Crippen LogP contribution in [0.3, 0.4) is 0 Å². The SMILES string of the molecule is C=CC[C@@]1(OC)C=C2C(=CC1=O)O[C@H](c1cc(OC)c(OC)c(OC)c1)[C@H]2C. The largest absolute Gasteiger partial charge is 0.493 e. The Bertz CT molecular complexity index is 828. The molecule has 0 aromatic heterocycles. The number of ketones is 1. The fourth-order valence-electron chi connectivity index (χ4n) is 3.82. The average Bonchev–Trinajstić information content (AvgIpc) is 3.02. The summed E-state index contributed by atoms with van der Waals surface area (Å²) >= 11 is 0. The van der Waals surface area contributed by atoms with Gasteiger partial charge in [0.1, 0.15) is 11.9 Å². The molecule has 2 aliphatic rings. The van der Waals surface area contributed by atoms with Crippen LogP contribution in [0.2, 0.25) is 0 Å². The van der Waals surface area contributed by atoms with Crippen molar-refractivity contribution in [2.45, 2.75) is 25.0 Å². The zero-order valence-corrected chi connectivity index (χ0v) is 16.9. The van der Waals surface area contributed by atoms with Crippen molar-refractivity contribution in [3.05, 3.63) is 53.8 Å². The predicted octanol–water partition coefficient (Wildman–Crippen LogP) is 3.77. The Labute approximate surface area is 165 Å². The van der Waals surface area contributed by atoms with Gasteiger partial charge in [-0.3, -0.25) is 4.79 Å². The molecule has 1 aromatic carbocycles. The third-order valence-electron chi connectivity index (χ3n) is 5.38. The number of methoxy groups -OCH3 is 4. The molecule has 1 aromatic rings. The number of allylic oxidation sites excluding steroid dienone is 1.